The van der Waals surface area contributed by atoms with E-state index < -0.39 is 11.7 Å². The molecule has 20 heavy (non-hydrogen) atoms. The summed E-state index contributed by atoms with van der Waals surface area (Å²) < 4.78 is 19.2. The Bertz CT molecular complexity index is 662. The maximum atomic E-state index is 13.6. The van der Waals surface area contributed by atoms with Crippen molar-refractivity contribution >= 4 is 33.2 Å². The Morgan fingerprint density at radius 2 is 2.05 bits per heavy atom. The molecule has 0 unspecified atom stereocenters. The summed E-state index contributed by atoms with van der Waals surface area (Å²) in [6.45, 7) is 0. The first kappa shape index (κ1) is 14.3. The van der Waals surface area contributed by atoms with Gasteiger partial charge in [-0.3, -0.25) is 4.79 Å². The van der Waals surface area contributed by atoms with Gasteiger partial charge in [0.25, 0.3) is 5.91 Å². The second-order valence-corrected chi connectivity index (χ2v) is 4.95. The molecule has 3 N–H and O–H groups in total. The van der Waals surface area contributed by atoms with E-state index in [9.17, 15) is 9.18 Å². The molecule has 4 nitrogen and oxygen atoms in total. The topological polar surface area (TPSA) is 64.3 Å². The minimum absolute atomic E-state index is 0.0606. The van der Waals surface area contributed by atoms with Crippen LogP contribution in [0.4, 0.5) is 15.8 Å². The first-order valence-electron chi connectivity index (χ1n) is 5.71. The van der Waals surface area contributed by atoms with Crippen molar-refractivity contribution in [3.05, 3.63) is 52.3 Å². The second kappa shape index (κ2) is 5.92. The third-order valence-electron chi connectivity index (χ3n) is 2.68. The van der Waals surface area contributed by atoms with Crippen molar-refractivity contribution in [1.29, 1.82) is 0 Å². The average molecular weight is 339 g/mol. The minimum Gasteiger partial charge on any atom is -0.497 e. The zero-order valence-corrected chi connectivity index (χ0v) is 12.2. The summed E-state index contributed by atoms with van der Waals surface area (Å²) in [5, 5.41) is 2.57. The number of halogens is 2. The molecule has 2 aromatic rings. The van der Waals surface area contributed by atoms with Crippen LogP contribution in [0.25, 0.3) is 0 Å². The van der Waals surface area contributed by atoms with Crippen LogP contribution in [0.1, 0.15) is 10.4 Å². The third kappa shape index (κ3) is 3.08. The van der Waals surface area contributed by atoms with Gasteiger partial charge >= 0.3 is 0 Å². The van der Waals surface area contributed by atoms with Crippen LogP contribution in [0.3, 0.4) is 0 Å². The van der Waals surface area contributed by atoms with Gasteiger partial charge in [-0.15, -0.1) is 0 Å². The van der Waals surface area contributed by atoms with E-state index >= 15 is 0 Å². The number of rotatable bonds is 3. The van der Waals surface area contributed by atoms with Gasteiger partial charge in [0.1, 0.15) is 11.6 Å². The number of carbonyl (C=O) groups excluding carboxylic acids is 1. The maximum Gasteiger partial charge on any atom is 0.258 e. The van der Waals surface area contributed by atoms with E-state index in [0.29, 0.717) is 21.6 Å². The molecule has 1 amide bonds. The van der Waals surface area contributed by atoms with Gasteiger partial charge in [-0.05, 0) is 30.3 Å². The summed E-state index contributed by atoms with van der Waals surface area (Å²) in [5.41, 5.74) is 6.47. The molecule has 0 aliphatic carbocycles. The highest BCUT2D eigenvalue weighted by Gasteiger charge is 2.13. The Kier molecular flexibility index (Phi) is 4.24. The molecule has 0 aliphatic rings. The van der Waals surface area contributed by atoms with Crippen LogP contribution in [-0.2, 0) is 0 Å². The van der Waals surface area contributed by atoms with Gasteiger partial charge in [-0.2, -0.15) is 0 Å². The van der Waals surface area contributed by atoms with Gasteiger partial charge in [0.15, 0.2) is 0 Å². The molecule has 104 valence electrons. The monoisotopic (exact) mass is 338 g/mol. The van der Waals surface area contributed by atoms with Crippen molar-refractivity contribution < 1.29 is 13.9 Å². The van der Waals surface area contributed by atoms with Crippen LogP contribution in [0, 0.1) is 5.82 Å². The number of nitrogen functional groups attached to an aromatic ring is 1. The summed E-state index contributed by atoms with van der Waals surface area (Å²) in [6, 6.07) is 8.98. The second-order valence-electron chi connectivity index (χ2n) is 4.03. The lowest BCUT2D eigenvalue weighted by molar-refractivity contribution is 0.102. The molecule has 0 bridgehead atoms. The summed E-state index contributed by atoms with van der Waals surface area (Å²) in [5.74, 6) is -0.590. The van der Waals surface area contributed by atoms with E-state index in [1.54, 1.807) is 18.2 Å². The van der Waals surface area contributed by atoms with Crippen LogP contribution in [-0.4, -0.2) is 13.0 Å². The third-order valence-corrected chi connectivity index (χ3v) is 3.17. The molecular formula is C14H12BrFN2O2. The number of nitrogens with one attached hydrogen (secondary N) is 1. The molecule has 6 heteroatoms. The van der Waals surface area contributed by atoms with E-state index in [4.69, 9.17) is 10.5 Å². The van der Waals surface area contributed by atoms with E-state index in [1.807, 2.05) is 0 Å². The fraction of sp³-hybridized carbons (Fsp3) is 0.0714. The lowest BCUT2D eigenvalue weighted by Gasteiger charge is -2.10. The number of hydrogen-bond donors (Lipinski definition) is 2. The van der Waals surface area contributed by atoms with Crippen LogP contribution in [0.15, 0.2) is 40.9 Å². The van der Waals surface area contributed by atoms with Gasteiger partial charge in [0.05, 0.1) is 24.0 Å². The molecule has 0 aliphatic heterocycles. The van der Waals surface area contributed by atoms with Crippen molar-refractivity contribution in [1.82, 2.24) is 0 Å². The highest BCUT2D eigenvalue weighted by molar-refractivity contribution is 9.10. The molecule has 0 saturated carbocycles. The molecule has 0 aromatic heterocycles. The number of benzene rings is 2. The first-order valence-corrected chi connectivity index (χ1v) is 6.50. The summed E-state index contributed by atoms with van der Waals surface area (Å²) in [4.78, 5) is 12.0. The lowest BCUT2D eigenvalue weighted by Crippen LogP contribution is -2.15. The molecule has 0 fully saturated rings. The molecule has 2 rings (SSSR count). The smallest absolute Gasteiger partial charge is 0.258 e. The Morgan fingerprint density at radius 3 is 2.70 bits per heavy atom. The summed E-state index contributed by atoms with van der Waals surface area (Å²) >= 11 is 3.20. The Hall–Kier alpha value is -2.08. The molecule has 0 atom stereocenters. The fourth-order valence-electron chi connectivity index (χ4n) is 1.64. The van der Waals surface area contributed by atoms with Crippen molar-refractivity contribution in [2.45, 2.75) is 0 Å². The number of hydrogen-bond acceptors (Lipinski definition) is 3. The van der Waals surface area contributed by atoms with Crippen molar-refractivity contribution in [3.8, 4) is 5.75 Å². The van der Waals surface area contributed by atoms with Crippen LogP contribution < -0.4 is 15.8 Å². The normalized spacial score (nSPS) is 10.2. The van der Waals surface area contributed by atoms with Gasteiger partial charge in [-0.1, -0.05) is 15.9 Å². The first-order chi connectivity index (χ1) is 9.51. The van der Waals surface area contributed by atoms with E-state index in [0.717, 1.165) is 0 Å². The largest absolute Gasteiger partial charge is 0.497 e. The van der Waals surface area contributed by atoms with Gasteiger partial charge in [0.2, 0.25) is 0 Å². The summed E-state index contributed by atoms with van der Waals surface area (Å²) in [7, 11) is 1.52. The Labute approximate surface area is 123 Å². The SMILES string of the molecule is COc1ccc(NC(=O)c2cc(Br)ccc2F)c(N)c1. The molecular weight excluding hydrogens is 327 g/mol. The van der Waals surface area contributed by atoms with Gasteiger partial charge in [0, 0.05) is 10.5 Å². The van der Waals surface area contributed by atoms with Crippen molar-refractivity contribution in [2.24, 2.45) is 0 Å². The number of amides is 1. The maximum absolute atomic E-state index is 13.6. The number of ether oxygens (including phenoxy) is 1. The number of carbonyl (C=O) groups is 1. The lowest BCUT2D eigenvalue weighted by atomic mass is 10.2. The molecule has 0 radical (unpaired) electrons. The Balaban J connectivity index is 2.25. The highest BCUT2D eigenvalue weighted by atomic mass is 79.9. The quantitative estimate of drug-likeness (QED) is 0.842. The fourth-order valence-corrected chi connectivity index (χ4v) is 2.00. The van der Waals surface area contributed by atoms with Crippen molar-refractivity contribution in [3.63, 3.8) is 0 Å². The molecule has 0 spiro atoms. The number of nitrogens with two attached hydrogens (primary N) is 1. The predicted molar refractivity (Wildman–Crippen MR) is 79.5 cm³/mol. The number of anilines is 2. The zero-order chi connectivity index (χ0) is 14.7. The van der Waals surface area contributed by atoms with E-state index in [1.165, 1.54) is 25.3 Å². The molecule has 0 saturated heterocycles. The molecule has 0 heterocycles. The van der Waals surface area contributed by atoms with Crippen molar-refractivity contribution in [2.75, 3.05) is 18.2 Å². The minimum atomic E-state index is -0.599. The molecule has 2 aromatic carbocycles. The zero-order valence-electron chi connectivity index (χ0n) is 10.6. The van der Waals surface area contributed by atoms with Crippen LogP contribution >= 0.6 is 15.9 Å². The van der Waals surface area contributed by atoms with Crippen LogP contribution in [0.5, 0.6) is 5.75 Å². The summed E-state index contributed by atoms with van der Waals surface area (Å²) in [6.07, 6.45) is 0. The van der Waals surface area contributed by atoms with E-state index in [-0.39, 0.29) is 5.56 Å². The van der Waals surface area contributed by atoms with Crippen LogP contribution in [0.2, 0.25) is 0 Å². The highest BCUT2D eigenvalue weighted by Crippen LogP contribution is 2.25. The number of methoxy groups -OCH3 is 1. The van der Waals surface area contributed by atoms with Gasteiger partial charge in [-0.25, -0.2) is 4.39 Å². The Morgan fingerprint density at radius 1 is 1.30 bits per heavy atom. The standard InChI is InChI=1S/C14H12BrFN2O2/c1-20-9-3-5-13(12(17)7-9)18-14(19)10-6-8(15)2-4-11(10)16/h2-7H,17H2,1H3,(H,18,19). The predicted octanol–water partition coefficient (Wildman–Crippen LogP) is 3.43. The van der Waals surface area contributed by atoms with Gasteiger partial charge < -0.3 is 15.8 Å². The average Bonchev–Trinajstić information content (AvgIpc) is 2.43. The van der Waals surface area contributed by atoms with E-state index in [2.05, 4.69) is 21.2 Å².